The molecule has 3 aromatic heterocycles. The molecule has 0 N–H and O–H groups in total. The van der Waals surface area contributed by atoms with E-state index in [9.17, 15) is 0 Å². The summed E-state index contributed by atoms with van der Waals surface area (Å²) in [6.45, 7) is 14.1. The molecule has 0 bridgehead atoms. The summed E-state index contributed by atoms with van der Waals surface area (Å²) >= 11 is 1.86. The normalized spacial score (nSPS) is 13.5. The second-order valence-electron chi connectivity index (χ2n) is 15.3. The fraction of sp³-hybridized carbons (Fsp3) is 0.261. The topological polar surface area (TPSA) is 25.8 Å². The number of rotatable bonds is 6. The van der Waals surface area contributed by atoms with Gasteiger partial charge < -0.3 is 9.97 Å². The van der Waals surface area contributed by atoms with Gasteiger partial charge in [0.1, 0.15) is 0 Å². The Balaban J connectivity index is 0.000000211. The Bertz CT molecular complexity index is 2250. The molecule has 3 heterocycles. The predicted molar refractivity (Wildman–Crippen MR) is 218 cm³/mol. The molecule has 5 heteroatoms. The third kappa shape index (κ3) is 7.88. The van der Waals surface area contributed by atoms with Gasteiger partial charge in [0.2, 0.25) is 0 Å². The molecule has 1 radical (unpaired) electrons. The number of thiophene rings is 1. The van der Waals surface area contributed by atoms with Crippen molar-refractivity contribution in [3.8, 4) is 33.6 Å². The van der Waals surface area contributed by atoms with Gasteiger partial charge in [-0.1, -0.05) is 112 Å². The molecular weight excluding hydrogens is 833 g/mol. The standard InChI is InChI=1S/C31H28NS.C15H18NSi.Ir/c1-31(2,23-11-6-7-12-23)24-17-18-32-28(20-24)27-14-8-13-26-25-16-15-22(19-29(25)33-30(26)27)21-9-4-3-5-10-21;1-12-10-14(13-8-6-5-7-9-13)16-11-15(12)17(2,3)4;/h3-5,8-10,13,15-20,23H,6-7,11-12H2,1-2H3;5-8,10-11H,1-4H3;/q2*-1;. The molecule has 8 rings (SSSR count). The van der Waals surface area contributed by atoms with Crippen molar-refractivity contribution >= 4 is 44.8 Å². The summed E-state index contributed by atoms with van der Waals surface area (Å²) in [5.41, 5.74) is 9.70. The molecule has 0 aliphatic heterocycles. The third-order valence-electron chi connectivity index (χ3n) is 10.6. The largest absolute Gasteiger partial charge is 0.305 e. The first-order chi connectivity index (χ1) is 24.1. The van der Waals surface area contributed by atoms with Gasteiger partial charge in [-0.2, -0.15) is 11.3 Å². The van der Waals surface area contributed by atoms with Crippen molar-refractivity contribution in [3.05, 3.63) is 139 Å². The monoisotopic (exact) mass is 879 g/mol. The summed E-state index contributed by atoms with van der Waals surface area (Å²) in [5, 5.41) is 4.05. The Morgan fingerprint density at radius 2 is 1.51 bits per heavy atom. The van der Waals surface area contributed by atoms with E-state index >= 15 is 0 Å². The SMILES string of the molecule is CC(C)(c1ccnc(-c2[c-]ccc3c2sc2cc(-c4ccccc4)ccc23)c1)C1CCCC1.Cc1cc(-c2[c-]cccc2)ncc1[Si](C)(C)C.[Ir]. The molecule has 1 fully saturated rings. The third-order valence-corrected chi connectivity index (χ3v) is 13.9. The van der Waals surface area contributed by atoms with E-state index < -0.39 is 8.07 Å². The van der Waals surface area contributed by atoms with E-state index in [4.69, 9.17) is 4.98 Å². The molecular formula is C46H46IrN2SSi-2. The van der Waals surface area contributed by atoms with Crippen molar-refractivity contribution in [3.63, 3.8) is 0 Å². The van der Waals surface area contributed by atoms with E-state index in [1.807, 2.05) is 35.7 Å². The fourth-order valence-electron chi connectivity index (χ4n) is 7.63. The summed E-state index contributed by atoms with van der Waals surface area (Å²) in [5.74, 6) is 0.758. The molecule has 2 nitrogen and oxygen atoms in total. The molecule has 0 atom stereocenters. The minimum Gasteiger partial charge on any atom is -0.305 e. The first-order valence-corrected chi connectivity index (χ1v) is 22.2. The molecule has 1 saturated carbocycles. The zero-order chi connectivity index (χ0) is 34.9. The van der Waals surface area contributed by atoms with Crippen LogP contribution in [0.15, 0.2) is 116 Å². The first kappa shape index (κ1) is 37.0. The molecule has 51 heavy (non-hydrogen) atoms. The second kappa shape index (κ2) is 15.5. The number of benzene rings is 4. The van der Waals surface area contributed by atoms with Crippen molar-refractivity contribution in [2.45, 2.75) is 71.5 Å². The summed E-state index contributed by atoms with van der Waals surface area (Å²) in [4.78, 5) is 9.39. The smallest absolute Gasteiger partial charge is 0.0798 e. The van der Waals surface area contributed by atoms with Crippen molar-refractivity contribution in [1.82, 2.24) is 9.97 Å². The van der Waals surface area contributed by atoms with Crippen molar-refractivity contribution in [2.24, 2.45) is 5.92 Å². The van der Waals surface area contributed by atoms with Crippen molar-refractivity contribution < 1.29 is 20.1 Å². The van der Waals surface area contributed by atoms with Crippen LogP contribution < -0.4 is 5.19 Å². The number of pyridine rings is 2. The zero-order valence-corrected chi connectivity index (χ0v) is 34.7. The quantitative estimate of drug-likeness (QED) is 0.123. The molecule has 7 aromatic rings. The van der Waals surface area contributed by atoms with Gasteiger partial charge in [-0.3, -0.25) is 0 Å². The van der Waals surface area contributed by atoms with E-state index in [0.29, 0.717) is 0 Å². The molecule has 0 saturated heterocycles. The van der Waals surface area contributed by atoms with Crippen LogP contribution in [0.3, 0.4) is 0 Å². The maximum Gasteiger partial charge on any atom is 0.0798 e. The summed E-state index contributed by atoms with van der Waals surface area (Å²) in [6, 6.07) is 43.2. The number of nitrogens with zero attached hydrogens (tertiary/aromatic N) is 2. The van der Waals surface area contributed by atoms with E-state index in [2.05, 4.69) is 149 Å². The van der Waals surface area contributed by atoms with Crippen LogP contribution in [0.4, 0.5) is 0 Å². The number of aromatic nitrogens is 2. The van der Waals surface area contributed by atoms with E-state index in [1.165, 1.54) is 73.3 Å². The van der Waals surface area contributed by atoms with E-state index in [0.717, 1.165) is 28.4 Å². The van der Waals surface area contributed by atoms with Crippen LogP contribution in [-0.2, 0) is 25.5 Å². The van der Waals surface area contributed by atoms with Gasteiger partial charge in [0, 0.05) is 37.2 Å². The van der Waals surface area contributed by atoms with Gasteiger partial charge in [0.25, 0.3) is 0 Å². The Kier molecular flexibility index (Phi) is 11.2. The Hall–Kier alpha value is -3.73. The predicted octanol–water partition coefficient (Wildman–Crippen LogP) is 12.5. The minimum absolute atomic E-state index is 0. The van der Waals surface area contributed by atoms with Gasteiger partial charge in [-0.15, -0.1) is 59.7 Å². The Morgan fingerprint density at radius 3 is 2.22 bits per heavy atom. The first-order valence-electron chi connectivity index (χ1n) is 17.9. The van der Waals surface area contributed by atoms with Crippen LogP contribution >= 0.6 is 11.3 Å². The average molecular weight is 879 g/mol. The van der Waals surface area contributed by atoms with Gasteiger partial charge in [-0.25, -0.2) is 0 Å². The zero-order valence-electron chi connectivity index (χ0n) is 30.5. The van der Waals surface area contributed by atoms with E-state index in [-0.39, 0.29) is 25.5 Å². The molecule has 0 unspecified atom stereocenters. The fourth-order valence-corrected chi connectivity index (χ4v) is 10.6. The molecule has 1 aliphatic carbocycles. The Morgan fingerprint density at radius 1 is 0.745 bits per heavy atom. The van der Waals surface area contributed by atoms with Gasteiger partial charge >= 0.3 is 0 Å². The van der Waals surface area contributed by atoms with Gasteiger partial charge in [0.15, 0.2) is 0 Å². The average Bonchev–Trinajstić information content (AvgIpc) is 3.81. The van der Waals surface area contributed by atoms with Crippen LogP contribution in [0.5, 0.6) is 0 Å². The van der Waals surface area contributed by atoms with Crippen LogP contribution in [-0.4, -0.2) is 18.0 Å². The van der Waals surface area contributed by atoms with E-state index in [1.54, 1.807) is 0 Å². The summed E-state index contributed by atoms with van der Waals surface area (Å²) in [6.07, 6.45) is 9.46. The molecule has 0 amide bonds. The number of aryl methyl sites for hydroxylation is 1. The van der Waals surface area contributed by atoms with Crippen molar-refractivity contribution in [1.29, 1.82) is 0 Å². The second-order valence-corrected chi connectivity index (χ2v) is 21.4. The number of hydrogen-bond acceptors (Lipinski definition) is 3. The van der Waals surface area contributed by atoms with Crippen LogP contribution in [0.25, 0.3) is 53.8 Å². The van der Waals surface area contributed by atoms with Crippen LogP contribution in [0.1, 0.15) is 50.7 Å². The molecule has 4 aromatic carbocycles. The minimum atomic E-state index is -1.27. The maximum absolute atomic E-state index is 4.81. The molecule has 261 valence electrons. The van der Waals surface area contributed by atoms with Crippen molar-refractivity contribution in [2.75, 3.05) is 0 Å². The van der Waals surface area contributed by atoms with Crippen LogP contribution in [0.2, 0.25) is 19.6 Å². The summed E-state index contributed by atoms with van der Waals surface area (Å²) < 4.78 is 2.59. The summed E-state index contributed by atoms with van der Waals surface area (Å²) in [7, 11) is -1.27. The number of hydrogen-bond donors (Lipinski definition) is 0. The van der Waals surface area contributed by atoms with Gasteiger partial charge in [0.05, 0.1) is 8.07 Å². The Labute approximate surface area is 322 Å². The molecule has 1 aliphatic rings. The van der Waals surface area contributed by atoms with Gasteiger partial charge in [-0.05, 0) is 86.6 Å². The maximum atomic E-state index is 4.81. The van der Waals surface area contributed by atoms with Crippen LogP contribution in [0, 0.1) is 25.0 Å². The number of fused-ring (bicyclic) bond motifs is 3. The molecule has 0 spiro atoms.